The number of benzene rings is 1. The van der Waals surface area contributed by atoms with Gasteiger partial charge < -0.3 is 0 Å². The summed E-state index contributed by atoms with van der Waals surface area (Å²) in [7, 11) is 0. The molecule has 0 heterocycles. The summed E-state index contributed by atoms with van der Waals surface area (Å²) in [5, 5.41) is 0.790. The Hall–Kier alpha value is -2.10. The maximum atomic E-state index is 11.1. The second-order valence-corrected chi connectivity index (χ2v) is 3.23. The molecule has 0 bridgehead atoms. The van der Waals surface area contributed by atoms with Crippen molar-refractivity contribution in [3.63, 3.8) is 0 Å². The molecule has 3 aromatic rings. The summed E-state index contributed by atoms with van der Waals surface area (Å²) in [6.07, 6.45) is 0. The fourth-order valence-electron chi connectivity index (χ4n) is 1.80. The number of hydrogen-bond acceptors (Lipinski definition) is 4. The first-order valence-corrected chi connectivity index (χ1v) is 3.98. The molecule has 0 aromatic heterocycles. The molecule has 0 N–H and O–H groups in total. The largest absolute Gasteiger partial charge is 0.285 e. The molecule has 4 heteroatoms. The Morgan fingerprint density at radius 3 is 1.29 bits per heavy atom. The highest BCUT2D eigenvalue weighted by Gasteiger charge is 2.22. The average molecular weight is 186 g/mol. The van der Waals surface area contributed by atoms with Crippen LogP contribution in [0.5, 0.6) is 0 Å². The molecule has 0 atom stereocenters. The van der Waals surface area contributed by atoms with Crippen molar-refractivity contribution >= 4 is 21.5 Å². The highest BCUT2D eigenvalue weighted by atomic mass is 16.2. The van der Waals surface area contributed by atoms with Crippen molar-refractivity contribution in [2.75, 3.05) is 0 Å². The highest BCUT2D eigenvalue weighted by molar-refractivity contribution is 6.11. The summed E-state index contributed by atoms with van der Waals surface area (Å²) < 4.78 is 0. The van der Waals surface area contributed by atoms with Crippen molar-refractivity contribution in [1.29, 1.82) is 0 Å². The van der Waals surface area contributed by atoms with Crippen LogP contribution in [-0.2, 0) is 0 Å². The minimum absolute atomic E-state index is 0.136. The zero-order valence-electron chi connectivity index (χ0n) is 6.79. The zero-order chi connectivity index (χ0) is 10.0. The van der Waals surface area contributed by atoms with E-state index in [0.717, 1.165) is 0 Å². The summed E-state index contributed by atoms with van der Waals surface area (Å²) in [6.45, 7) is 0. The van der Waals surface area contributed by atoms with E-state index in [0.29, 0.717) is 0 Å². The molecule has 4 nitrogen and oxygen atoms in total. The Morgan fingerprint density at radius 1 is 0.571 bits per heavy atom. The van der Waals surface area contributed by atoms with E-state index in [1.165, 1.54) is 12.1 Å². The van der Waals surface area contributed by atoms with Crippen LogP contribution in [0.15, 0.2) is 31.3 Å². The molecule has 0 amide bonds. The molecule has 0 saturated carbocycles. The standard InChI is InChI=1S/C10H2O4/c11-7-3-1-2-4-6(5(3)9(7)13)10(14)8(4)12/h1-2H. The normalized spacial score (nSPS) is 12.0. The zero-order valence-corrected chi connectivity index (χ0v) is 6.79. The maximum absolute atomic E-state index is 11.1. The number of rotatable bonds is 0. The topological polar surface area (TPSA) is 68.3 Å². The molecule has 0 unspecified atom stereocenters. The lowest BCUT2D eigenvalue weighted by atomic mass is 9.94. The first-order chi connectivity index (χ1) is 6.63. The minimum Gasteiger partial charge on any atom is -0.285 e. The SMILES string of the molecule is O=c1c(=O)c2c1ccc1c(=O)c(=O)c12. The van der Waals surface area contributed by atoms with E-state index in [1.54, 1.807) is 0 Å². The van der Waals surface area contributed by atoms with Crippen LogP contribution in [0, 0.1) is 0 Å². The molecule has 0 aliphatic carbocycles. The van der Waals surface area contributed by atoms with Crippen LogP contribution in [0.1, 0.15) is 0 Å². The first-order valence-electron chi connectivity index (χ1n) is 3.98. The van der Waals surface area contributed by atoms with Crippen molar-refractivity contribution in [2.24, 2.45) is 0 Å². The smallest absolute Gasteiger partial charge is 0.235 e. The van der Waals surface area contributed by atoms with E-state index >= 15 is 0 Å². The second-order valence-electron chi connectivity index (χ2n) is 3.23. The molecule has 0 fully saturated rings. The van der Waals surface area contributed by atoms with Gasteiger partial charge >= 0.3 is 0 Å². The average Bonchev–Trinajstić information content (AvgIpc) is 2.24. The van der Waals surface area contributed by atoms with Gasteiger partial charge in [-0.25, -0.2) is 0 Å². The van der Waals surface area contributed by atoms with Gasteiger partial charge in [0.25, 0.3) is 0 Å². The monoisotopic (exact) mass is 186 g/mol. The van der Waals surface area contributed by atoms with Gasteiger partial charge in [0.2, 0.25) is 21.7 Å². The Balaban J connectivity index is 2.80. The molecule has 0 radical (unpaired) electrons. The predicted octanol–water partition coefficient (Wildman–Crippen LogP) is -0.815. The minimum atomic E-state index is -0.655. The Labute approximate surface area is 75.4 Å². The molecular formula is C10H2O4. The molecule has 0 spiro atoms. The summed E-state index contributed by atoms with van der Waals surface area (Å²) in [5.41, 5.74) is -2.46. The third-order valence-corrected chi connectivity index (χ3v) is 2.56. The van der Waals surface area contributed by atoms with Crippen LogP contribution in [0.4, 0.5) is 0 Å². The van der Waals surface area contributed by atoms with E-state index in [9.17, 15) is 19.2 Å². The summed E-state index contributed by atoms with van der Waals surface area (Å²) >= 11 is 0. The molecule has 14 heavy (non-hydrogen) atoms. The van der Waals surface area contributed by atoms with Gasteiger partial charge in [-0.1, -0.05) is 0 Å². The fourth-order valence-corrected chi connectivity index (χ4v) is 1.80. The van der Waals surface area contributed by atoms with Gasteiger partial charge in [0, 0.05) is 21.5 Å². The molecule has 0 aliphatic heterocycles. The van der Waals surface area contributed by atoms with E-state index < -0.39 is 21.7 Å². The van der Waals surface area contributed by atoms with Crippen molar-refractivity contribution < 1.29 is 0 Å². The lowest BCUT2D eigenvalue weighted by Gasteiger charge is -2.04. The predicted molar refractivity (Wildman–Crippen MR) is 51.3 cm³/mol. The van der Waals surface area contributed by atoms with Crippen LogP contribution < -0.4 is 21.7 Å². The van der Waals surface area contributed by atoms with Crippen LogP contribution in [0.3, 0.4) is 0 Å². The van der Waals surface area contributed by atoms with Crippen LogP contribution in [0.25, 0.3) is 21.5 Å². The van der Waals surface area contributed by atoms with Gasteiger partial charge in [0.15, 0.2) is 0 Å². The third kappa shape index (κ3) is 0.518. The van der Waals surface area contributed by atoms with Crippen LogP contribution in [-0.4, -0.2) is 0 Å². The molecule has 3 aromatic carbocycles. The molecular weight excluding hydrogens is 184 g/mol. The Morgan fingerprint density at radius 2 is 0.929 bits per heavy atom. The van der Waals surface area contributed by atoms with Crippen molar-refractivity contribution in [2.45, 2.75) is 0 Å². The van der Waals surface area contributed by atoms with Crippen LogP contribution >= 0.6 is 0 Å². The molecule has 66 valence electrons. The van der Waals surface area contributed by atoms with Crippen molar-refractivity contribution in [1.82, 2.24) is 0 Å². The van der Waals surface area contributed by atoms with Gasteiger partial charge in [-0.3, -0.25) is 19.2 Å². The van der Waals surface area contributed by atoms with E-state index in [1.807, 2.05) is 0 Å². The Kier molecular flexibility index (Phi) is 0.978. The van der Waals surface area contributed by atoms with Gasteiger partial charge in [-0.05, 0) is 12.1 Å². The van der Waals surface area contributed by atoms with Crippen LogP contribution in [0.2, 0.25) is 0 Å². The van der Waals surface area contributed by atoms with Crippen molar-refractivity contribution in [3.05, 3.63) is 53.0 Å². The lowest BCUT2D eigenvalue weighted by Crippen LogP contribution is -2.37. The lowest BCUT2D eigenvalue weighted by molar-refractivity contribution is 1.50. The third-order valence-electron chi connectivity index (χ3n) is 2.56. The quantitative estimate of drug-likeness (QED) is 0.430. The number of fused-ring (bicyclic) bond motifs is 3. The van der Waals surface area contributed by atoms with Gasteiger partial charge in [-0.15, -0.1) is 0 Å². The van der Waals surface area contributed by atoms with Crippen molar-refractivity contribution in [3.8, 4) is 0 Å². The first kappa shape index (κ1) is 7.32. The number of hydrogen-bond donors (Lipinski definition) is 0. The van der Waals surface area contributed by atoms with Gasteiger partial charge in [0.05, 0.1) is 0 Å². The maximum Gasteiger partial charge on any atom is 0.235 e. The highest BCUT2D eigenvalue weighted by Crippen LogP contribution is 2.17. The van der Waals surface area contributed by atoms with Gasteiger partial charge in [-0.2, -0.15) is 0 Å². The van der Waals surface area contributed by atoms with E-state index in [2.05, 4.69) is 0 Å². The summed E-state index contributed by atoms with van der Waals surface area (Å²) in [5.74, 6) is 0. The van der Waals surface area contributed by atoms with E-state index in [4.69, 9.17) is 0 Å². The molecule has 3 rings (SSSR count). The van der Waals surface area contributed by atoms with Gasteiger partial charge in [0.1, 0.15) is 0 Å². The molecule has 0 saturated heterocycles. The second kappa shape index (κ2) is 1.87. The Bertz CT molecular complexity index is 764. The van der Waals surface area contributed by atoms with E-state index in [-0.39, 0.29) is 21.5 Å². The summed E-state index contributed by atoms with van der Waals surface area (Å²) in [4.78, 5) is 44.2. The fraction of sp³-hybridized carbons (Fsp3) is 0. The summed E-state index contributed by atoms with van der Waals surface area (Å²) in [6, 6.07) is 2.84. The molecule has 0 aliphatic rings.